The van der Waals surface area contributed by atoms with Gasteiger partial charge in [0, 0.05) is 6.54 Å². The Hall–Kier alpha value is -0.990. The van der Waals surface area contributed by atoms with Gasteiger partial charge in [-0.2, -0.15) is 5.10 Å². The number of carbonyl (C=O) groups excluding carboxylic acids is 2. The number of carbonyl (C=O) groups is 2. The van der Waals surface area contributed by atoms with E-state index in [1.54, 1.807) is 10.7 Å². The lowest BCUT2D eigenvalue weighted by Crippen LogP contribution is -2.31. The number of nitrogens with zero attached hydrogens (tertiary/aromatic N) is 2. The van der Waals surface area contributed by atoms with E-state index in [0.29, 0.717) is 21.6 Å². The Kier molecular flexibility index (Phi) is 5.34. The van der Waals surface area contributed by atoms with Crippen LogP contribution in [-0.2, 0) is 6.54 Å². The molecule has 112 valence electrons. The Balaban J connectivity index is 2.07. The zero-order chi connectivity index (χ0) is 15.6. The molecule has 1 amide bonds. The highest BCUT2D eigenvalue weighted by molar-refractivity contribution is 9.11. The monoisotopic (exact) mass is 433 g/mol. The fourth-order valence-electron chi connectivity index (χ4n) is 1.80. The third-order valence-electron chi connectivity index (χ3n) is 2.83. The predicted octanol–water partition coefficient (Wildman–Crippen LogP) is 3.41. The molecule has 0 spiro atoms. The van der Waals surface area contributed by atoms with E-state index >= 15 is 0 Å². The first-order valence-corrected chi connectivity index (χ1v) is 8.64. The molecule has 2 heterocycles. The molecule has 0 aliphatic heterocycles. The summed E-state index contributed by atoms with van der Waals surface area (Å²) in [6, 6.07) is 3.55. The van der Waals surface area contributed by atoms with Crippen molar-refractivity contribution >= 4 is 54.9 Å². The smallest absolute Gasteiger partial charge is 0.271 e. The summed E-state index contributed by atoms with van der Waals surface area (Å²) in [5.74, 6) is -0.428. The zero-order valence-electron chi connectivity index (χ0n) is 11.4. The van der Waals surface area contributed by atoms with Crippen LogP contribution in [0.5, 0.6) is 0 Å². The fraction of sp³-hybridized carbons (Fsp3) is 0.308. The second kappa shape index (κ2) is 6.85. The van der Waals surface area contributed by atoms with Crippen molar-refractivity contribution in [1.82, 2.24) is 15.1 Å². The van der Waals surface area contributed by atoms with Gasteiger partial charge in [-0.15, -0.1) is 11.3 Å². The molecule has 0 aliphatic carbocycles. The van der Waals surface area contributed by atoms with Crippen molar-refractivity contribution in [2.24, 2.45) is 0 Å². The molecule has 0 aliphatic rings. The van der Waals surface area contributed by atoms with Crippen molar-refractivity contribution in [3.63, 3.8) is 0 Å². The molecular formula is C13H13Br2N3O2S. The summed E-state index contributed by atoms with van der Waals surface area (Å²) in [5, 5.41) is 6.91. The van der Waals surface area contributed by atoms with Crippen LogP contribution < -0.4 is 5.32 Å². The van der Waals surface area contributed by atoms with E-state index in [0.717, 1.165) is 9.48 Å². The van der Waals surface area contributed by atoms with Crippen LogP contribution in [0.4, 0.5) is 0 Å². The van der Waals surface area contributed by atoms with Gasteiger partial charge in [0.15, 0.2) is 5.78 Å². The number of nitrogens with one attached hydrogen (secondary N) is 1. The molecule has 0 radical (unpaired) electrons. The molecule has 0 saturated carbocycles. The minimum atomic E-state index is -0.312. The van der Waals surface area contributed by atoms with Crippen LogP contribution in [0.25, 0.3) is 0 Å². The first kappa shape index (κ1) is 16.4. The van der Waals surface area contributed by atoms with Gasteiger partial charge in [-0.3, -0.25) is 14.3 Å². The lowest BCUT2D eigenvalue weighted by Gasteiger charge is -2.06. The highest BCUT2D eigenvalue weighted by Gasteiger charge is 2.20. The maximum Gasteiger partial charge on any atom is 0.271 e. The second-order valence-electron chi connectivity index (χ2n) is 4.27. The first-order chi connectivity index (χ1) is 9.93. The van der Waals surface area contributed by atoms with E-state index in [4.69, 9.17) is 0 Å². The van der Waals surface area contributed by atoms with Crippen molar-refractivity contribution in [2.75, 3.05) is 6.54 Å². The van der Waals surface area contributed by atoms with Gasteiger partial charge in [-0.05, 0) is 57.8 Å². The number of ketones is 1. The molecule has 2 aromatic heterocycles. The quantitative estimate of drug-likeness (QED) is 0.733. The Morgan fingerprint density at radius 2 is 2.10 bits per heavy atom. The molecule has 8 heteroatoms. The Bertz CT molecular complexity index is 694. The molecule has 0 saturated heterocycles. The normalized spacial score (nSPS) is 10.7. The fourth-order valence-corrected chi connectivity index (χ4v) is 3.59. The number of amides is 1. The summed E-state index contributed by atoms with van der Waals surface area (Å²) in [6.07, 6.45) is 0. The van der Waals surface area contributed by atoms with E-state index in [9.17, 15) is 9.59 Å². The molecule has 0 aromatic carbocycles. The molecule has 0 fully saturated rings. The largest absolute Gasteiger partial charge is 0.343 e. The van der Waals surface area contributed by atoms with E-state index < -0.39 is 0 Å². The lowest BCUT2D eigenvalue weighted by atomic mass is 10.3. The van der Waals surface area contributed by atoms with E-state index in [2.05, 4.69) is 42.3 Å². The number of hydrogen-bond acceptors (Lipinski definition) is 4. The standard InChI is InChI=1S/C13H13Br2N3O2S/c1-3-18-12(11(15)7(2)17-18)13(20)16-6-8(19)9-4-5-10(14)21-9/h4-5H,3,6H2,1-2H3,(H,16,20). The van der Waals surface area contributed by atoms with Crippen LogP contribution in [0.1, 0.15) is 32.8 Å². The Labute approximate surface area is 143 Å². The number of aromatic nitrogens is 2. The average molecular weight is 435 g/mol. The summed E-state index contributed by atoms with van der Waals surface area (Å²) in [6.45, 7) is 4.28. The van der Waals surface area contributed by atoms with Crippen molar-refractivity contribution in [2.45, 2.75) is 20.4 Å². The summed E-state index contributed by atoms with van der Waals surface area (Å²) >= 11 is 8.02. The van der Waals surface area contributed by atoms with Crippen LogP contribution in [0, 0.1) is 6.92 Å². The molecule has 0 unspecified atom stereocenters. The van der Waals surface area contributed by atoms with Gasteiger partial charge in [0.05, 0.1) is 25.4 Å². The maximum atomic E-state index is 12.2. The van der Waals surface area contributed by atoms with Crippen molar-refractivity contribution in [3.05, 3.63) is 36.7 Å². The number of rotatable bonds is 5. The molecule has 0 atom stereocenters. The number of aryl methyl sites for hydroxylation is 2. The maximum absolute atomic E-state index is 12.2. The number of thiophene rings is 1. The van der Waals surface area contributed by atoms with Gasteiger partial charge in [-0.1, -0.05) is 0 Å². The zero-order valence-corrected chi connectivity index (χ0v) is 15.4. The second-order valence-corrected chi connectivity index (χ2v) is 7.53. The molecular weight excluding hydrogens is 422 g/mol. The predicted molar refractivity (Wildman–Crippen MR) is 89.0 cm³/mol. The van der Waals surface area contributed by atoms with Crippen LogP contribution in [0.15, 0.2) is 20.4 Å². The van der Waals surface area contributed by atoms with Crippen LogP contribution in [-0.4, -0.2) is 28.0 Å². The Morgan fingerprint density at radius 1 is 1.38 bits per heavy atom. The number of halogens is 2. The topological polar surface area (TPSA) is 64.0 Å². The third-order valence-corrected chi connectivity index (χ3v) is 5.44. The van der Waals surface area contributed by atoms with E-state index in [1.165, 1.54) is 11.3 Å². The van der Waals surface area contributed by atoms with E-state index in [-0.39, 0.29) is 18.2 Å². The molecule has 2 aromatic rings. The van der Waals surface area contributed by atoms with Gasteiger partial charge in [-0.25, -0.2) is 0 Å². The first-order valence-electron chi connectivity index (χ1n) is 6.23. The van der Waals surface area contributed by atoms with Gasteiger partial charge in [0.25, 0.3) is 5.91 Å². The van der Waals surface area contributed by atoms with Crippen molar-refractivity contribution in [3.8, 4) is 0 Å². The SMILES string of the molecule is CCn1nc(C)c(Br)c1C(=O)NCC(=O)c1ccc(Br)s1. The molecule has 1 N–H and O–H groups in total. The van der Waals surface area contributed by atoms with Crippen molar-refractivity contribution in [1.29, 1.82) is 0 Å². The highest BCUT2D eigenvalue weighted by Crippen LogP contribution is 2.23. The summed E-state index contributed by atoms with van der Waals surface area (Å²) in [4.78, 5) is 24.8. The average Bonchev–Trinajstić information content (AvgIpc) is 3.00. The molecule has 5 nitrogen and oxygen atoms in total. The minimum Gasteiger partial charge on any atom is -0.343 e. The summed E-state index contributed by atoms with van der Waals surface area (Å²) in [7, 11) is 0. The molecule has 21 heavy (non-hydrogen) atoms. The third kappa shape index (κ3) is 3.61. The van der Waals surface area contributed by atoms with Crippen molar-refractivity contribution < 1.29 is 9.59 Å². The van der Waals surface area contributed by atoms with Gasteiger partial charge < -0.3 is 5.32 Å². The lowest BCUT2D eigenvalue weighted by molar-refractivity contribution is 0.0898. The van der Waals surface area contributed by atoms with E-state index in [1.807, 2.05) is 19.9 Å². The van der Waals surface area contributed by atoms with Gasteiger partial charge in [0.2, 0.25) is 0 Å². The van der Waals surface area contributed by atoms with Gasteiger partial charge >= 0.3 is 0 Å². The van der Waals surface area contributed by atoms with Crippen LogP contribution in [0.2, 0.25) is 0 Å². The van der Waals surface area contributed by atoms with Crippen LogP contribution in [0.3, 0.4) is 0 Å². The molecule has 2 rings (SSSR count). The van der Waals surface area contributed by atoms with Crippen LogP contribution >= 0.6 is 43.2 Å². The number of Topliss-reactive ketones (excluding diaryl/α,β-unsaturated/α-hetero) is 1. The minimum absolute atomic E-state index is 0.0355. The number of hydrogen-bond donors (Lipinski definition) is 1. The summed E-state index contributed by atoms with van der Waals surface area (Å²) in [5.41, 5.74) is 1.19. The highest BCUT2D eigenvalue weighted by atomic mass is 79.9. The summed E-state index contributed by atoms with van der Waals surface area (Å²) < 4.78 is 3.16. The molecule has 0 bridgehead atoms. The van der Waals surface area contributed by atoms with Gasteiger partial charge in [0.1, 0.15) is 5.69 Å². The Morgan fingerprint density at radius 3 is 2.67 bits per heavy atom.